The van der Waals surface area contributed by atoms with E-state index < -0.39 is 0 Å². The van der Waals surface area contributed by atoms with Gasteiger partial charge in [0.05, 0.1) is 0 Å². The molecule has 0 spiro atoms. The van der Waals surface area contributed by atoms with E-state index in [0.29, 0.717) is 12.3 Å². The summed E-state index contributed by atoms with van der Waals surface area (Å²) in [5.74, 6) is 0.659. The second kappa shape index (κ2) is 6.69. The van der Waals surface area contributed by atoms with Gasteiger partial charge in [0.2, 0.25) is 5.91 Å². The highest BCUT2D eigenvalue weighted by Crippen LogP contribution is 2.22. The Morgan fingerprint density at radius 1 is 1.47 bits per heavy atom. The van der Waals surface area contributed by atoms with Crippen LogP contribution in [0.25, 0.3) is 0 Å². The first-order valence-corrected chi connectivity index (χ1v) is 7.21. The van der Waals surface area contributed by atoms with Crippen LogP contribution in [0.4, 0.5) is 4.39 Å². The molecular weight excluding hydrogens is 241 g/mol. The number of carbonyl (C=O) groups is 1. The summed E-state index contributed by atoms with van der Waals surface area (Å²) in [6, 6.07) is 6.82. The van der Waals surface area contributed by atoms with Crippen LogP contribution in [0.3, 0.4) is 0 Å². The van der Waals surface area contributed by atoms with Gasteiger partial charge in [-0.15, -0.1) is 0 Å². The van der Waals surface area contributed by atoms with Crippen LogP contribution in [0.1, 0.15) is 38.2 Å². The van der Waals surface area contributed by atoms with Crippen molar-refractivity contribution < 1.29 is 9.18 Å². The van der Waals surface area contributed by atoms with E-state index in [1.165, 1.54) is 12.5 Å². The summed E-state index contributed by atoms with van der Waals surface area (Å²) in [5.41, 5.74) is 1.05. The lowest BCUT2D eigenvalue weighted by molar-refractivity contribution is -0.132. The maximum atomic E-state index is 13.1. The van der Waals surface area contributed by atoms with Gasteiger partial charge in [0.1, 0.15) is 5.82 Å². The third-order valence-electron chi connectivity index (χ3n) is 3.90. The average Bonchev–Trinajstić information content (AvgIpc) is 2.45. The number of rotatable bonds is 4. The van der Waals surface area contributed by atoms with Crippen molar-refractivity contribution in [3.05, 3.63) is 35.6 Å². The Morgan fingerprint density at radius 2 is 2.32 bits per heavy atom. The van der Waals surface area contributed by atoms with Crippen molar-refractivity contribution in [2.45, 2.75) is 39.0 Å². The largest absolute Gasteiger partial charge is 0.342 e. The van der Waals surface area contributed by atoms with E-state index in [1.54, 1.807) is 12.1 Å². The van der Waals surface area contributed by atoms with Crippen LogP contribution >= 0.6 is 0 Å². The van der Waals surface area contributed by atoms with Crippen LogP contribution in [-0.4, -0.2) is 23.9 Å². The third kappa shape index (κ3) is 4.05. The van der Waals surface area contributed by atoms with E-state index in [-0.39, 0.29) is 11.7 Å². The predicted octanol–water partition coefficient (Wildman–Crippen LogP) is 3.41. The highest BCUT2D eigenvalue weighted by molar-refractivity contribution is 5.75. The molecule has 0 unspecified atom stereocenters. The molecule has 0 radical (unpaired) electrons. The predicted molar refractivity (Wildman–Crippen MR) is 74.3 cm³/mol. The fraction of sp³-hybridized carbons (Fsp3) is 0.562. The molecule has 104 valence electrons. The molecule has 1 aromatic carbocycles. The summed E-state index contributed by atoms with van der Waals surface area (Å²) in [7, 11) is 0. The van der Waals surface area contributed by atoms with Gasteiger partial charge in [-0.2, -0.15) is 0 Å². The fourth-order valence-electron chi connectivity index (χ4n) is 2.81. The zero-order valence-electron chi connectivity index (χ0n) is 11.6. The number of nitrogens with zero attached hydrogens (tertiary/aromatic N) is 1. The summed E-state index contributed by atoms with van der Waals surface area (Å²) in [6.45, 7) is 3.70. The average molecular weight is 263 g/mol. The SMILES string of the molecule is CCC(=O)N1CCC[C@H](CCc2cccc(F)c2)C1. The van der Waals surface area contributed by atoms with Crippen molar-refractivity contribution in [3.63, 3.8) is 0 Å². The van der Waals surface area contributed by atoms with Crippen molar-refractivity contribution >= 4 is 5.91 Å². The lowest BCUT2D eigenvalue weighted by atomic mass is 9.91. The summed E-state index contributed by atoms with van der Waals surface area (Å²) < 4.78 is 13.1. The summed E-state index contributed by atoms with van der Waals surface area (Å²) in [5, 5.41) is 0. The monoisotopic (exact) mass is 263 g/mol. The third-order valence-corrected chi connectivity index (χ3v) is 3.90. The normalized spacial score (nSPS) is 19.5. The molecular formula is C16H22FNO. The van der Waals surface area contributed by atoms with E-state index in [4.69, 9.17) is 0 Å². The molecule has 2 rings (SSSR count). The van der Waals surface area contributed by atoms with Crippen molar-refractivity contribution in [1.29, 1.82) is 0 Å². The molecule has 0 N–H and O–H groups in total. The Labute approximate surface area is 114 Å². The highest BCUT2D eigenvalue weighted by Gasteiger charge is 2.22. The summed E-state index contributed by atoms with van der Waals surface area (Å²) in [6.07, 6.45) is 4.81. The van der Waals surface area contributed by atoms with Gasteiger partial charge >= 0.3 is 0 Å². The molecule has 1 aliphatic rings. The first-order valence-electron chi connectivity index (χ1n) is 7.21. The maximum absolute atomic E-state index is 13.1. The minimum absolute atomic E-state index is 0.163. The van der Waals surface area contributed by atoms with Gasteiger partial charge in [0.25, 0.3) is 0 Å². The zero-order valence-corrected chi connectivity index (χ0v) is 11.6. The molecule has 1 aromatic rings. The molecule has 0 aromatic heterocycles. The lowest BCUT2D eigenvalue weighted by Crippen LogP contribution is -2.39. The minimum Gasteiger partial charge on any atom is -0.342 e. The van der Waals surface area contributed by atoms with Crippen molar-refractivity contribution in [1.82, 2.24) is 4.90 Å². The highest BCUT2D eigenvalue weighted by atomic mass is 19.1. The maximum Gasteiger partial charge on any atom is 0.222 e. The van der Waals surface area contributed by atoms with Crippen LogP contribution in [0, 0.1) is 11.7 Å². The number of likely N-dealkylation sites (tertiary alicyclic amines) is 1. The second-order valence-electron chi connectivity index (χ2n) is 5.37. The minimum atomic E-state index is -0.163. The Morgan fingerprint density at radius 3 is 3.05 bits per heavy atom. The number of hydrogen-bond acceptors (Lipinski definition) is 1. The molecule has 0 saturated carbocycles. The molecule has 19 heavy (non-hydrogen) atoms. The van der Waals surface area contributed by atoms with Crippen molar-refractivity contribution in [2.75, 3.05) is 13.1 Å². The Bertz CT molecular complexity index is 433. The van der Waals surface area contributed by atoms with Crippen LogP contribution in [-0.2, 0) is 11.2 Å². The van der Waals surface area contributed by atoms with Gasteiger partial charge in [-0.25, -0.2) is 4.39 Å². The lowest BCUT2D eigenvalue weighted by Gasteiger charge is -2.32. The number of aryl methyl sites for hydroxylation is 1. The fourth-order valence-corrected chi connectivity index (χ4v) is 2.81. The molecule has 1 aliphatic heterocycles. The first-order chi connectivity index (χ1) is 9.19. The quantitative estimate of drug-likeness (QED) is 0.815. The van der Waals surface area contributed by atoms with Gasteiger partial charge in [-0.05, 0) is 49.3 Å². The van der Waals surface area contributed by atoms with Crippen molar-refractivity contribution in [2.24, 2.45) is 5.92 Å². The molecule has 1 amide bonds. The van der Waals surface area contributed by atoms with Crippen LogP contribution in [0.5, 0.6) is 0 Å². The van der Waals surface area contributed by atoms with E-state index in [0.717, 1.165) is 37.9 Å². The number of carbonyl (C=O) groups excluding carboxylic acids is 1. The zero-order chi connectivity index (χ0) is 13.7. The first kappa shape index (κ1) is 14.0. The summed E-state index contributed by atoms with van der Waals surface area (Å²) >= 11 is 0. The molecule has 1 saturated heterocycles. The number of hydrogen-bond donors (Lipinski definition) is 0. The standard InChI is InChI=1S/C16H22FNO/c1-2-16(19)18-10-4-6-14(12-18)9-8-13-5-3-7-15(17)11-13/h3,5,7,11,14H,2,4,6,8-10,12H2,1H3/t14-/m1/s1. The number of benzene rings is 1. The Balaban J connectivity index is 1.84. The van der Waals surface area contributed by atoms with Gasteiger partial charge in [-0.3, -0.25) is 4.79 Å². The summed E-state index contributed by atoms with van der Waals surface area (Å²) in [4.78, 5) is 13.7. The molecule has 0 bridgehead atoms. The van der Waals surface area contributed by atoms with Gasteiger partial charge in [0, 0.05) is 19.5 Å². The molecule has 1 fully saturated rings. The Hall–Kier alpha value is -1.38. The molecule has 1 atom stereocenters. The Kier molecular flexibility index (Phi) is 4.94. The number of halogens is 1. The van der Waals surface area contributed by atoms with E-state index in [1.807, 2.05) is 17.9 Å². The van der Waals surface area contributed by atoms with Gasteiger partial charge < -0.3 is 4.90 Å². The van der Waals surface area contributed by atoms with E-state index in [9.17, 15) is 9.18 Å². The van der Waals surface area contributed by atoms with Crippen LogP contribution in [0.2, 0.25) is 0 Å². The van der Waals surface area contributed by atoms with Crippen molar-refractivity contribution in [3.8, 4) is 0 Å². The van der Waals surface area contributed by atoms with Gasteiger partial charge in [-0.1, -0.05) is 19.1 Å². The van der Waals surface area contributed by atoms with E-state index in [2.05, 4.69) is 0 Å². The number of amides is 1. The molecule has 2 nitrogen and oxygen atoms in total. The topological polar surface area (TPSA) is 20.3 Å². The molecule has 0 aliphatic carbocycles. The molecule has 1 heterocycles. The van der Waals surface area contributed by atoms with E-state index >= 15 is 0 Å². The van der Waals surface area contributed by atoms with Crippen LogP contribution in [0.15, 0.2) is 24.3 Å². The number of piperidine rings is 1. The smallest absolute Gasteiger partial charge is 0.222 e. The van der Waals surface area contributed by atoms with Gasteiger partial charge in [0.15, 0.2) is 0 Å². The molecule has 3 heteroatoms. The van der Waals surface area contributed by atoms with Crippen LogP contribution < -0.4 is 0 Å². The second-order valence-corrected chi connectivity index (χ2v) is 5.37.